The van der Waals surface area contributed by atoms with Gasteiger partial charge in [-0.15, -0.1) is 0 Å². The van der Waals surface area contributed by atoms with E-state index in [2.05, 4.69) is 17.2 Å². The standard InChI is InChI=1S/C14H24N2O3/c1-3-15-14-7-4-6-13(16-14)12-19-9-5-8-18-11-10-17-2/h4,6-7H,3,5,8-12H2,1-2H3,(H,15,16). The van der Waals surface area contributed by atoms with Crippen molar-refractivity contribution in [3.63, 3.8) is 0 Å². The van der Waals surface area contributed by atoms with Crippen LogP contribution in [0.5, 0.6) is 0 Å². The molecule has 0 spiro atoms. The summed E-state index contributed by atoms with van der Waals surface area (Å²) in [7, 11) is 1.67. The van der Waals surface area contributed by atoms with Crippen LogP contribution in [0, 0.1) is 0 Å². The zero-order valence-electron chi connectivity index (χ0n) is 11.9. The first-order valence-electron chi connectivity index (χ1n) is 6.71. The van der Waals surface area contributed by atoms with E-state index < -0.39 is 0 Å². The van der Waals surface area contributed by atoms with E-state index in [1.54, 1.807) is 7.11 Å². The lowest BCUT2D eigenvalue weighted by atomic mass is 10.3. The molecule has 0 aliphatic rings. The highest BCUT2D eigenvalue weighted by molar-refractivity contribution is 5.34. The molecule has 0 unspecified atom stereocenters. The zero-order valence-corrected chi connectivity index (χ0v) is 11.9. The highest BCUT2D eigenvalue weighted by Crippen LogP contribution is 2.05. The van der Waals surface area contributed by atoms with Crippen LogP contribution in [-0.4, -0.2) is 45.1 Å². The molecule has 0 saturated heterocycles. The molecule has 0 aliphatic heterocycles. The summed E-state index contributed by atoms with van der Waals surface area (Å²) in [5.74, 6) is 0.895. The van der Waals surface area contributed by atoms with Crippen molar-refractivity contribution in [3.8, 4) is 0 Å². The maximum absolute atomic E-state index is 5.56. The minimum absolute atomic E-state index is 0.539. The van der Waals surface area contributed by atoms with Crippen molar-refractivity contribution in [1.29, 1.82) is 0 Å². The lowest BCUT2D eigenvalue weighted by Gasteiger charge is -2.07. The second-order valence-electron chi connectivity index (χ2n) is 4.06. The van der Waals surface area contributed by atoms with Gasteiger partial charge in [-0.25, -0.2) is 4.98 Å². The number of hydrogen-bond acceptors (Lipinski definition) is 5. The summed E-state index contributed by atoms with van der Waals surface area (Å²) in [5, 5.41) is 3.18. The van der Waals surface area contributed by atoms with Crippen molar-refractivity contribution >= 4 is 5.82 Å². The van der Waals surface area contributed by atoms with Crippen LogP contribution >= 0.6 is 0 Å². The Kier molecular flexibility index (Phi) is 8.97. The summed E-state index contributed by atoms with van der Waals surface area (Å²) in [4.78, 5) is 4.44. The molecule has 1 rings (SSSR count). The summed E-state index contributed by atoms with van der Waals surface area (Å²) >= 11 is 0. The third-order valence-electron chi connectivity index (χ3n) is 2.42. The van der Waals surface area contributed by atoms with Gasteiger partial charge in [0.05, 0.1) is 25.5 Å². The van der Waals surface area contributed by atoms with Gasteiger partial charge in [-0.1, -0.05) is 6.07 Å². The fourth-order valence-corrected chi connectivity index (χ4v) is 1.52. The van der Waals surface area contributed by atoms with Gasteiger partial charge >= 0.3 is 0 Å². The third kappa shape index (κ3) is 7.77. The van der Waals surface area contributed by atoms with E-state index in [0.717, 1.165) is 24.5 Å². The maximum Gasteiger partial charge on any atom is 0.126 e. The minimum atomic E-state index is 0.539. The first-order chi connectivity index (χ1) is 9.36. The lowest BCUT2D eigenvalue weighted by molar-refractivity contribution is 0.0478. The van der Waals surface area contributed by atoms with E-state index in [1.165, 1.54) is 0 Å². The molecule has 0 fully saturated rings. The normalized spacial score (nSPS) is 10.6. The summed E-state index contributed by atoms with van der Waals surface area (Å²) < 4.78 is 15.8. The average Bonchev–Trinajstić information content (AvgIpc) is 2.43. The molecule has 0 bridgehead atoms. The number of nitrogens with zero attached hydrogens (tertiary/aromatic N) is 1. The van der Waals surface area contributed by atoms with Gasteiger partial charge in [0.15, 0.2) is 0 Å². The van der Waals surface area contributed by atoms with Gasteiger partial charge in [0.2, 0.25) is 0 Å². The van der Waals surface area contributed by atoms with E-state index in [4.69, 9.17) is 14.2 Å². The Morgan fingerprint density at radius 1 is 1.11 bits per heavy atom. The SMILES string of the molecule is CCNc1cccc(COCCCOCCOC)n1. The van der Waals surface area contributed by atoms with Crippen LogP contribution in [0.3, 0.4) is 0 Å². The second-order valence-corrected chi connectivity index (χ2v) is 4.06. The topological polar surface area (TPSA) is 52.6 Å². The molecule has 19 heavy (non-hydrogen) atoms. The first-order valence-corrected chi connectivity index (χ1v) is 6.71. The van der Waals surface area contributed by atoms with E-state index in [0.29, 0.717) is 33.0 Å². The molecule has 108 valence electrons. The van der Waals surface area contributed by atoms with Crippen LogP contribution in [0.4, 0.5) is 5.82 Å². The molecular formula is C14H24N2O3. The van der Waals surface area contributed by atoms with Crippen LogP contribution in [0.1, 0.15) is 19.0 Å². The molecule has 5 heteroatoms. The van der Waals surface area contributed by atoms with Crippen LogP contribution < -0.4 is 5.32 Å². The highest BCUT2D eigenvalue weighted by Gasteiger charge is 1.97. The number of methoxy groups -OCH3 is 1. The molecule has 0 radical (unpaired) electrons. The molecule has 1 heterocycles. The third-order valence-corrected chi connectivity index (χ3v) is 2.42. The average molecular weight is 268 g/mol. The number of rotatable bonds is 11. The van der Waals surface area contributed by atoms with Crippen molar-refractivity contribution in [2.75, 3.05) is 45.4 Å². The number of hydrogen-bond donors (Lipinski definition) is 1. The predicted molar refractivity (Wildman–Crippen MR) is 75.4 cm³/mol. The summed E-state index contributed by atoms with van der Waals surface area (Å²) in [5.41, 5.74) is 0.943. The number of ether oxygens (including phenoxy) is 3. The Balaban J connectivity index is 2.07. The van der Waals surface area contributed by atoms with Crippen molar-refractivity contribution in [2.24, 2.45) is 0 Å². The molecule has 1 N–H and O–H groups in total. The molecule has 1 aromatic rings. The smallest absolute Gasteiger partial charge is 0.126 e. The summed E-state index contributed by atoms with van der Waals surface area (Å²) in [6, 6.07) is 5.91. The van der Waals surface area contributed by atoms with Crippen LogP contribution in [0.15, 0.2) is 18.2 Å². The molecule has 0 amide bonds. The Morgan fingerprint density at radius 2 is 1.95 bits per heavy atom. The van der Waals surface area contributed by atoms with Gasteiger partial charge < -0.3 is 19.5 Å². The molecule has 0 atom stereocenters. The van der Waals surface area contributed by atoms with E-state index >= 15 is 0 Å². The van der Waals surface area contributed by atoms with Crippen LogP contribution in [0.2, 0.25) is 0 Å². The molecule has 0 saturated carbocycles. The van der Waals surface area contributed by atoms with Crippen LogP contribution in [0.25, 0.3) is 0 Å². The van der Waals surface area contributed by atoms with Crippen molar-refractivity contribution < 1.29 is 14.2 Å². The van der Waals surface area contributed by atoms with Crippen molar-refractivity contribution in [1.82, 2.24) is 4.98 Å². The highest BCUT2D eigenvalue weighted by atomic mass is 16.5. The van der Waals surface area contributed by atoms with Gasteiger partial charge in [-0.2, -0.15) is 0 Å². The Hall–Kier alpha value is -1.17. The second kappa shape index (κ2) is 10.7. The summed E-state index contributed by atoms with van der Waals surface area (Å²) in [6.45, 7) is 6.13. The number of aromatic nitrogens is 1. The quantitative estimate of drug-likeness (QED) is 0.623. The van der Waals surface area contributed by atoms with Crippen molar-refractivity contribution in [2.45, 2.75) is 20.0 Å². The Bertz CT molecular complexity index is 334. The van der Waals surface area contributed by atoms with Gasteiger partial charge in [-0.05, 0) is 25.5 Å². The number of pyridine rings is 1. The first kappa shape index (κ1) is 15.9. The molecule has 0 aromatic carbocycles. The Morgan fingerprint density at radius 3 is 2.74 bits per heavy atom. The van der Waals surface area contributed by atoms with Crippen LogP contribution in [-0.2, 0) is 20.8 Å². The van der Waals surface area contributed by atoms with Gasteiger partial charge in [0, 0.05) is 26.9 Å². The number of anilines is 1. The molecule has 5 nitrogen and oxygen atoms in total. The van der Waals surface area contributed by atoms with Gasteiger partial charge in [0.1, 0.15) is 5.82 Å². The predicted octanol–water partition coefficient (Wildman–Crippen LogP) is 2.08. The van der Waals surface area contributed by atoms with E-state index in [-0.39, 0.29) is 0 Å². The fourth-order valence-electron chi connectivity index (χ4n) is 1.52. The largest absolute Gasteiger partial charge is 0.382 e. The minimum Gasteiger partial charge on any atom is -0.382 e. The zero-order chi connectivity index (χ0) is 13.8. The number of nitrogens with one attached hydrogen (secondary N) is 1. The molecular weight excluding hydrogens is 244 g/mol. The van der Waals surface area contributed by atoms with Gasteiger partial charge in [-0.3, -0.25) is 0 Å². The lowest BCUT2D eigenvalue weighted by Crippen LogP contribution is -2.06. The fraction of sp³-hybridized carbons (Fsp3) is 0.643. The Labute approximate surface area is 115 Å². The van der Waals surface area contributed by atoms with Gasteiger partial charge in [0.25, 0.3) is 0 Å². The molecule has 0 aliphatic carbocycles. The summed E-state index contributed by atoms with van der Waals surface area (Å²) in [6.07, 6.45) is 0.886. The van der Waals surface area contributed by atoms with E-state index in [1.807, 2.05) is 18.2 Å². The maximum atomic E-state index is 5.56. The monoisotopic (exact) mass is 268 g/mol. The molecule has 1 aromatic heterocycles. The van der Waals surface area contributed by atoms with Crippen molar-refractivity contribution in [3.05, 3.63) is 23.9 Å². The van der Waals surface area contributed by atoms with E-state index in [9.17, 15) is 0 Å².